The van der Waals surface area contributed by atoms with Gasteiger partial charge in [0.1, 0.15) is 0 Å². The maximum atomic E-state index is 13.0. The number of hydrogen-bond donors (Lipinski definition) is 0. The molecule has 1 atom stereocenters. The van der Waals surface area contributed by atoms with Gasteiger partial charge in [-0.3, -0.25) is 4.79 Å². The van der Waals surface area contributed by atoms with E-state index in [1.165, 1.54) is 5.56 Å². The number of benzene rings is 3. The highest BCUT2D eigenvalue weighted by atomic mass is 16.2. The largest absolute Gasteiger partial charge is 0.338 e. The van der Waals surface area contributed by atoms with Gasteiger partial charge < -0.3 is 4.90 Å². The Kier molecular flexibility index (Phi) is 3.58. The predicted molar refractivity (Wildman–Crippen MR) is 93.7 cm³/mol. The van der Waals surface area contributed by atoms with Crippen LogP contribution in [0, 0.1) is 0 Å². The molecule has 2 nitrogen and oxygen atoms in total. The monoisotopic (exact) mass is 301 g/mol. The summed E-state index contributed by atoms with van der Waals surface area (Å²) >= 11 is 0. The lowest BCUT2D eigenvalue weighted by molar-refractivity contribution is 0.0792. The van der Waals surface area contributed by atoms with Crippen LogP contribution in [0.3, 0.4) is 0 Å². The van der Waals surface area contributed by atoms with Gasteiger partial charge in [-0.05, 0) is 28.8 Å². The first-order valence-corrected chi connectivity index (χ1v) is 8.15. The third-order valence-corrected chi connectivity index (χ3v) is 4.77. The summed E-state index contributed by atoms with van der Waals surface area (Å²) in [5.41, 5.74) is 2.15. The van der Waals surface area contributed by atoms with Gasteiger partial charge in [0, 0.05) is 24.6 Å². The predicted octanol–water partition coefficient (Wildman–Crippen LogP) is 4.47. The summed E-state index contributed by atoms with van der Waals surface area (Å²) in [5, 5.41) is 2.17. The van der Waals surface area contributed by atoms with Crippen molar-refractivity contribution >= 4 is 16.7 Å². The molecule has 0 unspecified atom stereocenters. The van der Waals surface area contributed by atoms with Gasteiger partial charge in [-0.25, -0.2) is 0 Å². The molecule has 0 radical (unpaired) electrons. The fourth-order valence-electron chi connectivity index (χ4n) is 3.52. The Balaban J connectivity index is 1.60. The van der Waals surface area contributed by atoms with Gasteiger partial charge in [0.25, 0.3) is 5.91 Å². The zero-order valence-corrected chi connectivity index (χ0v) is 13.0. The number of fused-ring (bicyclic) bond motifs is 1. The summed E-state index contributed by atoms with van der Waals surface area (Å²) in [6.45, 7) is 1.65. The smallest absolute Gasteiger partial charge is 0.254 e. The van der Waals surface area contributed by atoms with Crippen molar-refractivity contribution in [1.29, 1.82) is 0 Å². The van der Waals surface area contributed by atoms with Crippen LogP contribution in [-0.2, 0) is 0 Å². The van der Waals surface area contributed by atoms with E-state index in [0.29, 0.717) is 5.92 Å². The van der Waals surface area contributed by atoms with E-state index in [-0.39, 0.29) is 5.91 Å². The lowest BCUT2D eigenvalue weighted by atomic mass is 9.99. The second-order valence-electron chi connectivity index (χ2n) is 6.17. The van der Waals surface area contributed by atoms with Gasteiger partial charge in [-0.2, -0.15) is 0 Å². The molecule has 0 aliphatic carbocycles. The second-order valence-corrected chi connectivity index (χ2v) is 6.17. The third-order valence-electron chi connectivity index (χ3n) is 4.77. The van der Waals surface area contributed by atoms with Crippen molar-refractivity contribution in [2.45, 2.75) is 12.3 Å². The van der Waals surface area contributed by atoms with Crippen LogP contribution in [0.4, 0.5) is 0 Å². The van der Waals surface area contributed by atoms with Crippen molar-refractivity contribution in [3.63, 3.8) is 0 Å². The van der Waals surface area contributed by atoms with Crippen LogP contribution in [0.15, 0.2) is 72.8 Å². The van der Waals surface area contributed by atoms with Crippen molar-refractivity contribution in [2.75, 3.05) is 13.1 Å². The molecule has 1 heterocycles. The molecule has 0 spiro atoms. The van der Waals surface area contributed by atoms with Crippen molar-refractivity contribution in [3.8, 4) is 0 Å². The Morgan fingerprint density at radius 2 is 1.61 bits per heavy atom. The summed E-state index contributed by atoms with van der Waals surface area (Å²) in [5.74, 6) is 0.607. The first-order chi connectivity index (χ1) is 11.3. The topological polar surface area (TPSA) is 20.3 Å². The molecule has 2 heteroatoms. The molecule has 1 amide bonds. The second kappa shape index (κ2) is 5.88. The van der Waals surface area contributed by atoms with Gasteiger partial charge in [-0.1, -0.05) is 66.7 Å². The highest BCUT2D eigenvalue weighted by molar-refractivity contribution is 6.07. The molecular weight excluding hydrogens is 282 g/mol. The first kappa shape index (κ1) is 14.0. The molecule has 1 saturated heterocycles. The van der Waals surface area contributed by atoms with E-state index in [4.69, 9.17) is 0 Å². The molecule has 23 heavy (non-hydrogen) atoms. The molecule has 3 aromatic carbocycles. The zero-order valence-electron chi connectivity index (χ0n) is 13.0. The molecule has 1 aliphatic heterocycles. The van der Waals surface area contributed by atoms with Crippen LogP contribution < -0.4 is 0 Å². The van der Waals surface area contributed by atoms with E-state index in [0.717, 1.165) is 35.8 Å². The Morgan fingerprint density at radius 3 is 2.48 bits per heavy atom. The molecule has 114 valence electrons. The number of nitrogens with zero attached hydrogens (tertiary/aromatic N) is 1. The average Bonchev–Trinajstić information content (AvgIpc) is 3.11. The van der Waals surface area contributed by atoms with Crippen LogP contribution >= 0.6 is 0 Å². The summed E-state index contributed by atoms with van der Waals surface area (Å²) in [6, 6.07) is 24.6. The maximum absolute atomic E-state index is 13.0. The van der Waals surface area contributed by atoms with Crippen LogP contribution in [0.2, 0.25) is 0 Å². The lowest BCUT2D eigenvalue weighted by Crippen LogP contribution is -2.28. The van der Waals surface area contributed by atoms with Crippen LogP contribution in [0.1, 0.15) is 28.3 Å². The van der Waals surface area contributed by atoms with Gasteiger partial charge in [0.2, 0.25) is 0 Å². The Labute approximate surface area is 136 Å². The van der Waals surface area contributed by atoms with E-state index in [9.17, 15) is 4.79 Å². The quantitative estimate of drug-likeness (QED) is 0.684. The molecule has 1 fully saturated rings. The summed E-state index contributed by atoms with van der Waals surface area (Å²) < 4.78 is 0. The lowest BCUT2D eigenvalue weighted by Gasteiger charge is -2.18. The minimum Gasteiger partial charge on any atom is -0.338 e. The van der Waals surface area contributed by atoms with E-state index in [1.54, 1.807) is 0 Å². The Bertz CT molecular complexity index is 835. The van der Waals surface area contributed by atoms with Crippen molar-refractivity contribution < 1.29 is 4.79 Å². The van der Waals surface area contributed by atoms with E-state index < -0.39 is 0 Å². The summed E-state index contributed by atoms with van der Waals surface area (Å²) in [6.07, 6.45) is 1.04. The molecule has 4 rings (SSSR count). The van der Waals surface area contributed by atoms with Crippen LogP contribution in [0.25, 0.3) is 10.8 Å². The summed E-state index contributed by atoms with van der Waals surface area (Å²) in [4.78, 5) is 15.0. The van der Waals surface area contributed by atoms with E-state index in [2.05, 4.69) is 36.4 Å². The first-order valence-electron chi connectivity index (χ1n) is 8.15. The number of hydrogen-bond acceptors (Lipinski definition) is 1. The number of rotatable bonds is 2. The fourth-order valence-corrected chi connectivity index (χ4v) is 3.52. The highest BCUT2D eigenvalue weighted by Crippen LogP contribution is 2.29. The van der Waals surface area contributed by atoms with Crippen molar-refractivity contribution in [3.05, 3.63) is 83.9 Å². The molecule has 3 aromatic rings. The molecular formula is C21H19NO. The van der Waals surface area contributed by atoms with Crippen LogP contribution in [0.5, 0.6) is 0 Å². The number of carbonyl (C=O) groups excluding carboxylic acids is 1. The van der Waals surface area contributed by atoms with Crippen molar-refractivity contribution in [2.24, 2.45) is 0 Å². The van der Waals surface area contributed by atoms with E-state index in [1.807, 2.05) is 41.3 Å². The molecule has 0 N–H and O–H groups in total. The maximum Gasteiger partial charge on any atom is 0.254 e. The molecule has 0 bridgehead atoms. The molecule has 1 aliphatic rings. The van der Waals surface area contributed by atoms with E-state index >= 15 is 0 Å². The van der Waals surface area contributed by atoms with Gasteiger partial charge in [0.05, 0.1) is 0 Å². The van der Waals surface area contributed by atoms with Gasteiger partial charge in [-0.15, -0.1) is 0 Å². The normalized spacial score (nSPS) is 17.6. The third kappa shape index (κ3) is 2.61. The SMILES string of the molecule is O=C(c1cccc2ccccc12)N1CC[C@H](c2ccccc2)C1. The summed E-state index contributed by atoms with van der Waals surface area (Å²) in [7, 11) is 0. The molecule has 0 saturated carbocycles. The Hall–Kier alpha value is -2.61. The fraction of sp³-hybridized carbons (Fsp3) is 0.190. The average molecular weight is 301 g/mol. The number of amides is 1. The molecule has 0 aromatic heterocycles. The Morgan fingerprint density at radius 1 is 0.870 bits per heavy atom. The highest BCUT2D eigenvalue weighted by Gasteiger charge is 2.28. The van der Waals surface area contributed by atoms with Crippen LogP contribution in [-0.4, -0.2) is 23.9 Å². The minimum absolute atomic E-state index is 0.153. The number of carbonyl (C=O) groups is 1. The van der Waals surface area contributed by atoms with Gasteiger partial charge in [0.15, 0.2) is 0 Å². The minimum atomic E-state index is 0.153. The zero-order chi connectivity index (χ0) is 15.6. The standard InChI is InChI=1S/C21H19NO/c23-21(20-12-6-10-17-9-4-5-11-19(17)20)22-14-13-18(15-22)16-7-2-1-3-8-16/h1-12,18H,13-15H2/t18-/m0/s1. The van der Waals surface area contributed by atoms with Gasteiger partial charge >= 0.3 is 0 Å². The van der Waals surface area contributed by atoms with Crippen molar-refractivity contribution in [1.82, 2.24) is 4.90 Å². The number of likely N-dealkylation sites (tertiary alicyclic amines) is 1.